The van der Waals surface area contributed by atoms with Crippen LogP contribution in [-0.4, -0.2) is 16.1 Å². The number of aromatic nitrogens is 2. The molecule has 2 heterocycles. The Balaban J connectivity index is 1.60. The zero-order valence-corrected chi connectivity index (χ0v) is 13.5. The van der Waals surface area contributed by atoms with E-state index in [1.807, 2.05) is 24.3 Å². The van der Waals surface area contributed by atoms with E-state index < -0.39 is 0 Å². The van der Waals surface area contributed by atoms with Gasteiger partial charge < -0.3 is 9.73 Å². The highest BCUT2D eigenvalue weighted by Gasteiger charge is 2.13. The van der Waals surface area contributed by atoms with E-state index in [1.54, 1.807) is 12.5 Å². The molecule has 0 aliphatic heterocycles. The second-order valence-electron chi connectivity index (χ2n) is 6.06. The van der Waals surface area contributed by atoms with Gasteiger partial charge in [-0.15, -0.1) is 0 Å². The minimum atomic E-state index is -0.0852. The van der Waals surface area contributed by atoms with Gasteiger partial charge in [-0.1, -0.05) is 12.1 Å². The lowest BCUT2D eigenvalue weighted by Crippen LogP contribution is -2.14. The third kappa shape index (κ3) is 2.44. The smallest absolute Gasteiger partial charge is 0.228 e. The monoisotopic (exact) mass is 319 g/mol. The van der Waals surface area contributed by atoms with Crippen LogP contribution in [-0.2, 0) is 11.2 Å². The molecule has 2 aromatic carbocycles. The number of carbonyl (C=O) groups is 1. The lowest BCUT2D eigenvalue weighted by Gasteiger charge is -2.06. The number of rotatable bonds is 3. The first-order valence-corrected chi connectivity index (χ1v) is 7.81. The second kappa shape index (κ2) is 5.53. The number of aryl methyl sites for hydroxylation is 2. The number of aromatic amines is 1. The van der Waals surface area contributed by atoms with Crippen LogP contribution < -0.4 is 5.32 Å². The summed E-state index contributed by atoms with van der Waals surface area (Å²) >= 11 is 0. The summed E-state index contributed by atoms with van der Waals surface area (Å²) in [6, 6.07) is 9.79. The molecule has 0 spiro atoms. The third-order valence-electron chi connectivity index (χ3n) is 4.37. The highest BCUT2D eigenvalue weighted by atomic mass is 16.3. The summed E-state index contributed by atoms with van der Waals surface area (Å²) in [6.07, 6.45) is 3.67. The number of H-pyrrole nitrogens is 1. The maximum absolute atomic E-state index is 12.5. The van der Waals surface area contributed by atoms with Crippen LogP contribution in [0.2, 0.25) is 0 Å². The molecule has 4 rings (SSSR count). The Hall–Kier alpha value is -3.08. The van der Waals surface area contributed by atoms with Crippen molar-refractivity contribution in [3.8, 4) is 0 Å². The van der Waals surface area contributed by atoms with Crippen molar-refractivity contribution in [1.29, 1.82) is 0 Å². The van der Waals surface area contributed by atoms with E-state index in [0.717, 1.165) is 33.1 Å². The molecule has 0 radical (unpaired) electrons. The van der Waals surface area contributed by atoms with Crippen molar-refractivity contribution in [2.75, 3.05) is 5.32 Å². The molecule has 5 heteroatoms. The van der Waals surface area contributed by atoms with Gasteiger partial charge in [0.25, 0.3) is 0 Å². The molecule has 5 nitrogen and oxygen atoms in total. The van der Waals surface area contributed by atoms with E-state index in [1.165, 1.54) is 11.1 Å². The summed E-state index contributed by atoms with van der Waals surface area (Å²) in [6.45, 7) is 4.11. The van der Waals surface area contributed by atoms with E-state index in [9.17, 15) is 4.79 Å². The highest BCUT2D eigenvalue weighted by Crippen LogP contribution is 2.26. The normalized spacial score (nSPS) is 11.2. The van der Waals surface area contributed by atoms with Gasteiger partial charge in [-0.2, -0.15) is 5.10 Å². The molecule has 4 aromatic rings. The molecule has 0 unspecified atom stereocenters. The van der Waals surface area contributed by atoms with E-state index in [2.05, 4.69) is 35.4 Å². The largest absolute Gasteiger partial charge is 0.464 e. The number of fused-ring (bicyclic) bond motifs is 2. The lowest BCUT2D eigenvalue weighted by atomic mass is 10.0. The topological polar surface area (TPSA) is 70.9 Å². The van der Waals surface area contributed by atoms with Gasteiger partial charge in [0.2, 0.25) is 5.91 Å². The van der Waals surface area contributed by atoms with Crippen LogP contribution in [0.1, 0.15) is 16.7 Å². The SMILES string of the molecule is Cc1cc2occ(CC(=O)Nc3cccc4cn[nH]c34)c2cc1C. The number of anilines is 1. The fraction of sp³-hybridized carbons (Fsp3) is 0.158. The number of furan rings is 1. The molecule has 0 atom stereocenters. The number of nitrogens with one attached hydrogen (secondary N) is 2. The van der Waals surface area contributed by atoms with Crippen LogP contribution >= 0.6 is 0 Å². The number of nitrogens with zero attached hydrogens (tertiary/aromatic N) is 1. The molecule has 0 saturated carbocycles. The van der Waals surface area contributed by atoms with Crippen LogP contribution in [0, 0.1) is 13.8 Å². The zero-order valence-electron chi connectivity index (χ0n) is 13.5. The molecule has 0 bridgehead atoms. The van der Waals surface area contributed by atoms with Gasteiger partial charge >= 0.3 is 0 Å². The maximum atomic E-state index is 12.5. The minimum absolute atomic E-state index is 0.0852. The molecule has 2 N–H and O–H groups in total. The summed E-state index contributed by atoms with van der Waals surface area (Å²) in [5.41, 5.74) is 5.63. The van der Waals surface area contributed by atoms with Gasteiger partial charge in [-0.05, 0) is 43.2 Å². The van der Waals surface area contributed by atoms with E-state index >= 15 is 0 Å². The fourth-order valence-electron chi connectivity index (χ4n) is 2.91. The molecule has 0 saturated heterocycles. The first-order valence-electron chi connectivity index (χ1n) is 7.81. The number of hydrogen-bond acceptors (Lipinski definition) is 3. The lowest BCUT2D eigenvalue weighted by molar-refractivity contribution is -0.115. The predicted molar refractivity (Wildman–Crippen MR) is 94.1 cm³/mol. The van der Waals surface area contributed by atoms with Gasteiger partial charge in [0.15, 0.2) is 0 Å². The molecular weight excluding hydrogens is 302 g/mol. The van der Waals surface area contributed by atoms with Crippen molar-refractivity contribution >= 4 is 33.5 Å². The summed E-state index contributed by atoms with van der Waals surface area (Å²) in [7, 11) is 0. The predicted octanol–water partition coefficient (Wildman–Crippen LogP) is 4.11. The van der Waals surface area contributed by atoms with Gasteiger partial charge in [-0.25, -0.2) is 0 Å². The quantitative estimate of drug-likeness (QED) is 0.597. The van der Waals surface area contributed by atoms with E-state index in [0.29, 0.717) is 0 Å². The third-order valence-corrected chi connectivity index (χ3v) is 4.37. The first kappa shape index (κ1) is 14.5. The van der Waals surface area contributed by atoms with Crippen LogP contribution in [0.25, 0.3) is 21.9 Å². The molecule has 120 valence electrons. The number of amides is 1. The van der Waals surface area contributed by atoms with Crippen molar-refractivity contribution in [2.24, 2.45) is 0 Å². The Bertz CT molecular complexity index is 1060. The maximum Gasteiger partial charge on any atom is 0.228 e. The van der Waals surface area contributed by atoms with Gasteiger partial charge in [0.1, 0.15) is 5.58 Å². The Morgan fingerprint density at radius 3 is 2.96 bits per heavy atom. The fourth-order valence-corrected chi connectivity index (χ4v) is 2.91. The average molecular weight is 319 g/mol. The zero-order chi connectivity index (χ0) is 16.7. The van der Waals surface area contributed by atoms with Crippen molar-refractivity contribution < 1.29 is 9.21 Å². The molecule has 2 aromatic heterocycles. The second-order valence-corrected chi connectivity index (χ2v) is 6.06. The number of hydrogen-bond donors (Lipinski definition) is 2. The Labute approximate surface area is 138 Å². The summed E-state index contributed by atoms with van der Waals surface area (Å²) in [5.74, 6) is -0.0852. The van der Waals surface area contributed by atoms with Gasteiger partial charge in [-0.3, -0.25) is 9.89 Å². The summed E-state index contributed by atoms with van der Waals surface area (Å²) in [5, 5.41) is 11.8. The molecule has 0 aliphatic rings. The Kier molecular flexibility index (Phi) is 3.34. The first-order chi connectivity index (χ1) is 11.6. The molecule has 24 heavy (non-hydrogen) atoms. The van der Waals surface area contributed by atoms with Gasteiger partial charge in [0.05, 0.1) is 30.1 Å². The van der Waals surface area contributed by atoms with Crippen LogP contribution in [0.4, 0.5) is 5.69 Å². The molecule has 0 fully saturated rings. The number of carbonyl (C=O) groups excluding carboxylic acids is 1. The highest BCUT2D eigenvalue weighted by molar-refractivity contribution is 6.01. The van der Waals surface area contributed by atoms with E-state index in [-0.39, 0.29) is 12.3 Å². The van der Waals surface area contributed by atoms with E-state index in [4.69, 9.17) is 4.42 Å². The molecule has 0 aliphatic carbocycles. The van der Waals surface area contributed by atoms with Crippen LogP contribution in [0.3, 0.4) is 0 Å². The van der Waals surface area contributed by atoms with Crippen molar-refractivity contribution in [1.82, 2.24) is 10.2 Å². The molecule has 1 amide bonds. The standard InChI is InChI=1S/C19H17N3O2/c1-11-6-15-14(10-24-17(15)7-12(11)2)8-18(23)21-16-5-3-4-13-9-20-22-19(13)16/h3-7,9-10H,8H2,1-2H3,(H,20,22)(H,21,23). The van der Waals surface area contributed by atoms with Crippen LogP contribution in [0.5, 0.6) is 0 Å². The summed E-state index contributed by atoms with van der Waals surface area (Å²) < 4.78 is 5.60. The molecular formula is C19H17N3O2. The van der Waals surface area contributed by atoms with Crippen molar-refractivity contribution in [3.05, 3.63) is 59.5 Å². The van der Waals surface area contributed by atoms with Crippen LogP contribution in [0.15, 0.2) is 47.2 Å². The number of benzene rings is 2. The average Bonchev–Trinajstić information content (AvgIpc) is 3.16. The van der Waals surface area contributed by atoms with Gasteiger partial charge in [0, 0.05) is 16.3 Å². The van der Waals surface area contributed by atoms with Crippen molar-refractivity contribution in [3.63, 3.8) is 0 Å². The number of para-hydroxylation sites is 1. The minimum Gasteiger partial charge on any atom is -0.464 e. The van der Waals surface area contributed by atoms with Crippen molar-refractivity contribution in [2.45, 2.75) is 20.3 Å². The summed E-state index contributed by atoms with van der Waals surface area (Å²) in [4.78, 5) is 12.5. The Morgan fingerprint density at radius 1 is 1.25 bits per heavy atom. The Morgan fingerprint density at radius 2 is 2.08 bits per heavy atom.